The molecule has 32 heavy (non-hydrogen) atoms. The average molecular weight is 437 g/mol. The van der Waals surface area contributed by atoms with Crippen molar-refractivity contribution < 1.29 is 4.79 Å². The summed E-state index contributed by atoms with van der Waals surface area (Å²) in [6.07, 6.45) is 4.53. The molecule has 8 heteroatoms. The fourth-order valence-electron chi connectivity index (χ4n) is 5.16. The summed E-state index contributed by atoms with van der Waals surface area (Å²) in [5, 5.41) is 12.6. The second-order valence-corrected chi connectivity index (χ2v) is 9.32. The summed E-state index contributed by atoms with van der Waals surface area (Å²) in [5.74, 6) is 0.101. The normalized spacial score (nSPS) is 23.3. The van der Waals surface area contributed by atoms with Crippen LogP contribution in [0.2, 0.25) is 0 Å². The van der Waals surface area contributed by atoms with E-state index in [9.17, 15) is 14.9 Å². The molecule has 1 saturated heterocycles. The lowest BCUT2D eigenvalue weighted by Crippen LogP contribution is -2.62. The molecule has 0 spiro atoms. The van der Waals surface area contributed by atoms with Crippen LogP contribution in [0.4, 0.5) is 5.69 Å². The van der Waals surface area contributed by atoms with Crippen LogP contribution in [-0.4, -0.2) is 57.6 Å². The van der Waals surface area contributed by atoms with Crippen molar-refractivity contribution in [1.82, 2.24) is 19.8 Å². The van der Waals surface area contributed by atoms with Gasteiger partial charge in [0, 0.05) is 44.3 Å². The molecule has 0 radical (unpaired) electrons. The summed E-state index contributed by atoms with van der Waals surface area (Å²) in [4.78, 5) is 34.5. The van der Waals surface area contributed by atoms with Crippen LogP contribution in [0.5, 0.6) is 0 Å². The highest BCUT2D eigenvalue weighted by atomic mass is 16.2. The molecule has 3 atom stereocenters. The van der Waals surface area contributed by atoms with Gasteiger partial charge >= 0.3 is 0 Å². The van der Waals surface area contributed by atoms with Gasteiger partial charge in [-0.15, -0.1) is 0 Å². The van der Waals surface area contributed by atoms with E-state index in [4.69, 9.17) is 0 Å². The molecule has 8 nitrogen and oxygen atoms in total. The number of hydrogen-bond acceptors (Lipinski definition) is 6. The van der Waals surface area contributed by atoms with Gasteiger partial charge in [0.2, 0.25) is 5.91 Å². The van der Waals surface area contributed by atoms with Gasteiger partial charge in [-0.1, -0.05) is 12.8 Å². The monoisotopic (exact) mass is 436 g/mol. The molecule has 2 aliphatic rings. The van der Waals surface area contributed by atoms with Gasteiger partial charge < -0.3 is 14.8 Å². The Hall–Kier alpha value is -2.92. The highest BCUT2D eigenvalue weighted by molar-refractivity contribution is 5.89. The van der Waals surface area contributed by atoms with Crippen LogP contribution in [-0.2, 0) is 11.8 Å². The minimum absolute atomic E-state index is 0.0794. The third-order valence-electron chi connectivity index (χ3n) is 7.11. The van der Waals surface area contributed by atoms with Crippen molar-refractivity contribution in [2.24, 2.45) is 7.05 Å². The predicted molar refractivity (Wildman–Crippen MR) is 125 cm³/mol. The van der Waals surface area contributed by atoms with E-state index in [1.807, 2.05) is 6.92 Å². The van der Waals surface area contributed by atoms with Gasteiger partial charge in [-0.05, 0) is 45.7 Å². The third kappa shape index (κ3) is 4.09. The van der Waals surface area contributed by atoms with Crippen molar-refractivity contribution in [2.75, 3.05) is 18.0 Å². The zero-order valence-electron chi connectivity index (χ0n) is 19.3. The molecular weight excluding hydrogens is 404 g/mol. The zero-order chi connectivity index (χ0) is 23.0. The molecule has 0 bridgehead atoms. The molecule has 3 heterocycles. The number of pyridine rings is 2. The Morgan fingerprint density at radius 2 is 1.94 bits per heavy atom. The number of hydrogen-bond donors (Lipinski definition) is 1. The number of piperazine rings is 1. The predicted octanol–water partition coefficient (Wildman–Crippen LogP) is 2.15. The van der Waals surface area contributed by atoms with Crippen molar-refractivity contribution in [1.29, 1.82) is 5.26 Å². The maximum atomic E-state index is 12.9. The van der Waals surface area contributed by atoms with E-state index in [1.165, 1.54) is 12.8 Å². The van der Waals surface area contributed by atoms with Crippen LogP contribution >= 0.6 is 0 Å². The number of aryl methyl sites for hydroxylation is 1. The number of nitrogens with one attached hydrogen (secondary N) is 1. The highest BCUT2D eigenvalue weighted by Crippen LogP contribution is 2.29. The average Bonchev–Trinajstić information content (AvgIpc) is 3.29. The smallest absolute Gasteiger partial charge is 0.252 e. The number of amides is 1. The lowest BCUT2D eigenvalue weighted by molar-refractivity contribution is -0.127. The van der Waals surface area contributed by atoms with E-state index in [-0.39, 0.29) is 29.6 Å². The number of carbonyl (C=O) groups is 1. The van der Waals surface area contributed by atoms with E-state index in [0.29, 0.717) is 35.9 Å². The first kappa shape index (κ1) is 22.3. The molecule has 2 fully saturated rings. The lowest BCUT2D eigenvalue weighted by Gasteiger charge is -2.47. The Morgan fingerprint density at radius 1 is 1.22 bits per heavy atom. The van der Waals surface area contributed by atoms with Crippen LogP contribution < -0.4 is 15.8 Å². The fraction of sp³-hybridized carbons (Fsp3) is 0.583. The quantitative estimate of drug-likeness (QED) is 0.789. The molecule has 1 aliphatic carbocycles. The third-order valence-corrected chi connectivity index (χ3v) is 7.11. The Kier molecular flexibility index (Phi) is 6.20. The fourth-order valence-corrected chi connectivity index (χ4v) is 5.16. The second-order valence-electron chi connectivity index (χ2n) is 9.32. The molecule has 1 amide bonds. The van der Waals surface area contributed by atoms with Crippen molar-refractivity contribution in [3.63, 3.8) is 0 Å². The van der Waals surface area contributed by atoms with Gasteiger partial charge in [-0.25, -0.2) is 4.98 Å². The molecule has 2 aromatic heterocycles. The number of nitriles is 1. The van der Waals surface area contributed by atoms with Gasteiger partial charge in [-0.3, -0.25) is 14.5 Å². The van der Waals surface area contributed by atoms with E-state index in [2.05, 4.69) is 40.0 Å². The Bertz CT molecular complexity index is 1110. The van der Waals surface area contributed by atoms with Crippen molar-refractivity contribution in [2.45, 2.75) is 70.6 Å². The molecule has 2 aromatic rings. The van der Waals surface area contributed by atoms with Gasteiger partial charge in [0.05, 0.1) is 17.2 Å². The maximum absolute atomic E-state index is 12.9. The SMILES string of the molecule is CC(C(=O)NC1CCCC1)N1C[C@H](C)N(c2cc(=O)n(C)c3ccc(C#N)nc23)C[C@H]1C. The van der Waals surface area contributed by atoms with Crippen LogP contribution in [0.3, 0.4) is 0 Å². The summed E-state index contributed by atoms with van der Waals surface area (Å²) in [7, 11) is 1.72. The van der Waals surface area contributed by atoms with E-state index in [1.54, 1.807) is 29.8 Å². The Balaban J connectivity index is 1.59. The van der Waals surface area contributed by atoms with E-state index < -0.39 is 0 Å². The molecular formula is C24H32N6O2. The van der Waals surface area contributed by atoms with Crippen LogP contribution in [0.1, 0.15) is 52.1 Å². The standard InChI is InChI=1S/C24H32N6O2/c1-15-14-30(16(2)13-29(15)17(3)24(32)27-18-7-5-6-8-18)21-11-22(31)28(4)20-10-9-19(12-25)26-23(20)21/h9-11,15-18H,5-8,13-14H2,1-4H3,(H,27,32)/t15-,16+,17?/m1/s1. The van der Waals surface area contributed by atoms with Gasteiger partial charge in [0.25, 0.3) is 5.56 Å². The summed E-state index contributed by atoms with van der Waals surface area (Å²) < 4.78 is 1.56. The van der Waals surface area contributed by atoms with Gasteiger partial charge in [-0.2, -0.15) is 5.26 Å². The number of rotatable bonds is 4. The van der Waals surface area contributed by atoms with Crippen LogP contribution in [0.15, 0.2) is 23.0 Å². The summed E-state index contributed by atoms with van der Waals surface area (Å²) in [6.45, 7) is 7.59. The highest BCUT2D eigenvalue weighted by Gasteiger charge is 2.36. The maximum Gasteiger partial charge on any atom is 0.252 e. The number of fused-ring (bicyclic) bond motifs is 1. The first-order valence-corrected chi connectivity index (χ1v) is 11.5. The summed E-state index contributed by atoms with van der Waals surface area (Å²) in [5.41, 5.74) is 2.34. The van der Waals surface area contributed by atoms with Gasteiger partial charge in [0.15, 0.2) is 0 Å². The first-order chi connectivity index (χ1) is 15.3. The minimum atomic E-state index is -0.209. The van der Waals surface area contributed by atoms with Gasteiger partial charge in [0.1, 0.15) is 17.3 Å². The number of anilines is 1. The number of carbonyl (C=O) groups excluding carboxylic acids is 1. The molecule has 4 rings (SSSR count). The molecule has 0 aromatic carbocycles. The molecule has 1 N–H and O–H groups in total. The first-order valence-electron chi connectivity index (χ1n) is 11.5. The topological polar surface area (TPSA) is 94.3 Å². The zero-order valence-corrected chi connectivity index (χ0v) is 19.3. The Morgan fingerprint density at radius 3 is 2.62 bits per heavy atom. The van der Waals surface area contributed by atoms with Crippen molar-refractivity contribution in [3.8, 4) is 6.07 Å². The summed E-state index contributed by atoms with van der Waals surface area (Å²) >= 11 is 0. The van der Waals surface area contributed by atoms with Crippen molar-refractivity contribution in [3.05, 3.63) is 34.2 Å². The molecule has 1 unspecified atom stereocenters. The Labute approximate surface area is 188 Å². The van der Waals surface area contributed by atoms with Crippen LogP contribution in [0, 0.1) is 11.3 Å². The van der Waals surface area contributed by atoms with E-state index >= 15 is 0 Å². The number of nitrogens with zero attached hydrogens (tertiary/aromatic N) is 5. The molecule has 1 saturated carbocycles. The van der Waals surface area contributed by atoms with Crippen LogP contribution in [0.25, 0.3) is 11.0 Å². The molecule has 170 valence electrons. The second kappa shape index (κ2) is 8.91. The van der Waals surface area contributed by atoms with E-state index in [0.717, 1.165) is 18.5 Å². The largest absolute Gasteiger partial charge is 0.364 e. The number of aromatic nitrogens is 2. The minimum Gasteiger partial charge on any atom is -0.364 e. The lowest BCUT2D eigenvalue weighted by atomic mass is 10.0. The summed E-state index contributed by atoms with van der Waals surface area (Å²) in [6, 6.07) is 7.44. The van der Waals surface area contributed by atoms with Crippen molar-refractivity contribution >= 4 is 22.6 Å². The molecule has 1 aliphatic heterocycles.